The number of hydrogen-bond acceptors (Lipinski definition) is 3. The summed E-state index contributed by atoms with van der Waals surface area (Å²) in [6.45, 7) is 2.34. The number of aromatic amines is 1. The number of carbonyl (C=O) groups excluding carboxylic acids is 1. The van der Waals surface area contributed by atoms with Crippen molar-refractivity contribution in [2.75, 3.05) is 5.32 Å². The second-order valence-electron chi connectivity index (χ2n) is 10.4. The molecule has 5 nitrogen and oxygen atoms in total. The van der Waals surface area contributed by atoms with Crippen molar-refractivity contribution in [1.82, 2.24) is 15.2 Å². The second-order valence-corrected chi connectivity index (χ2v) is 10.4. The van der Waals surface area contributed by atoms with Gasteiger partial charge in [-0.25, -0.2) is 13.8 Å². The number of benzene rings is 1. The maximum Gasteiger partial charge on any atom is 0.225 e. The van der Waals surface area contributed by atoms with Gasteiger partial charge in [-0.1, -0.05) is 19.1 Å². The Hall–Kier alpha value is -3.09. The Balaban J connectivity index is 1.27. The van der Waals surface area contributed by atoms with Crippen LogP contribution in [0.1, 0.15) is 73.2 Å². The smallest absolute Gasteiger partial charge is 0.225 e. The molecule has 5 atom stereocenters. The van der Waals surface area contributed by atoms with Gasteiger partial charge in [0.2, 0.25) is 5.91 Å². The number of nitrogens with one attached hydrogen (secondary N) is 2. The summed E-state index contributed by atoms with van der Waals surface area (Å²) < 4.78 is 28.0. The van der Waals surface area contributed by atoms with Gasteiger partial charge < -0.3 is 5.32 Å². The molecule has 0 radical (unpaired) electrons. The quantitative estimate of drug-likeness (QED) is 0.529. The monoisotopic (exact) mass is 462 g/mol. The molecule has 1 fully saturated rings. The number of anilines is 1. The summed E-state index contributed by atoms with van der Waals surface area (Å²) in [6.07, 6.45) is 8.06. The lowest BCUT2D eigenvalue weighted by molar-refractivity contribution is -0.116. The number of H-pyrrole nitrogens is 1. The first-order valence-electron chi connectivity index (χ1n) is 12.2. The molecule has 3 unspecified atom stereocenters. The normalized spacial score (nSPS) is 29.0. The minimum atomic E-state index is -0.429. The van der Waals surface area contributed by atoms with Crippen LogP contribution in [0.5, 0.6) is 0 Å². The van der Waals surface area contributed by atoms with Crippen molar-refractivity contribution in [3.8, 4) is 0 Å². The van der Waals surface area contributed by atoms with E-state index in [0.29, 0.717) is 30.6 Å². The van der Waals surface area contributed by atoms with Crippen LogP contribution in [0.25, 0.3) is 0 Å². The predicted octanol–water partition coefficient (Wildman–Crippen LogP) is 5.61. The molecular weight excluding hydrogens is 434 g/mol. The van der Waals surface area contributed by atoms with E-state index < -0.39 is 5.82 Å². The molecule has 3 aliphatic rings. The maximum absolute atomic E-state index is 14.5. The number of amides is 1. The first kappa shape index (κ1) is 21.4. The van der Waals surface area contributed by atoms with Gasteiger partial charge in [-0.15, -0.1) is 0 Å². The molecular formula is C27H28F2N4O. The summed E-state index contributed by atoms with van der Waals surface area (Å²) in [4.78, 5) is 16.7. The number of carbonyl (C=O) groups is 1. The Morgan fingerprint density at radius 1 is 1.24 bits per heavy atom. The minimum absolute atomic E-state index is 0.0247. The molecule has 0 aliphatic heterocycles. The van der Waals surface area contributed by atoms with Crippen LogP contribution in [0.4, 0.5) is 14.6 Å². The highest BCUT2D eigenvalue weighted by Crippen LogP contribution is 2.64. The van der Waals surface area contributed by atoms with Crippen LogP contribution in [0.15, 0.2) is 42.7 Å². The average Bonchev–Trinajstić information content (AvgIpc) is 3.39. The topological polar surface area (TPSA) is 70.7 Å². The van der Waals surface area contributed by atoms with Crippen molar-refractivity contribution >= 4 is 11.7 Å². The Bertz CT molecular complexity index is 1260. The zero-order chi connectivity index (χ0) is 23.4. The van der Waals surface area contributed by atoms with Crippen LogP contribution >= 0.6 is 0 Å². The van der Waals surface area contributed by atoms with Crippen LogP contribution in [0.3, 0.4) is 0 Å². The maximum atomic E-state index is 14.5. The third-order valence-electron chi connectivity index (χ3n) is 8.72. The van der Waals surface area contributed by atoms with Crippen molar-refractivity contribution in [2.24, 2.45) is 11.8 Å². The van der Waals surface area contributed by atoms with E-state index in [-0.39, 0.29) is 28.9 Å². The van der Waals surface area contributed by atoms with Gasteiger partial charge >= 0.3 is 0 Å². The summed E-state index contributed by atoms with van der Waals surface area (Å²) in [5.41, 5.74) is 4.47. The Labute approximate surface area is 197 Å². The van der Waals surface area contributed by atoms with Crippen LogP contribution in [0, 0.1) is 23.5 Å². The predicted molar refractivity (Wildman–Crippen MR) is 124 cm³/mol. The van der Waals surface area contributed by atoms with E-state index in [9.17, 15) is 13.6 Å². The highest BCUT2D eigenvalue weighted by Gasteiger charge is 2.57. The zero-order valence-electron chi connectivity index (χ0n) is 19.2. The van der Waals surface area contributed by atoms with Gasteiger partial charge in [-0.05, 0) is 84.6 Å². The molecule has 0 bridgehead atoms. The highest BCUT2D eigenvalue weighted by atomic mass is 19.1. The number of halogens is 2. The van der Waals surface area contributed by atoms with E-state index in [4.69, 9.17) is 0 Å². The fraction of sp³-hybridized carbons (Fsp3) is 0.444. The lowest BCUT2D eigenvalue weighted by Gasteiger charge is -2.50. The summed E-state index contributed by atoms with van der Waals surface area (Å²) in [6, 6.07) is 8.01. The van der Waals surface area contributed by atoms with E-state index in [2.05, 4.69) is 33.5 Å². The second kappa shape index (κ2) is 8.00. The van der Waals surface area contributed by atoms with Crippen molar-refractivity contribution in [2.45, 2.75) is 62.7 Å². The Kier molecular flexibility index (Phi) is 5.04. The molecule has 0 spiro atoms. The molecule has 6 rings (SSSR count). The summed E-state index contributed by atoms with van der Waals surface area (Å²) in [5, 5.41) is 10.4. The minimum Gasteiger partial charge on any atom is -0.311 e. The SMILES string of the molecule is C[C@]12CCC3c4cccc(F)c4CCC3C1[C@H](CCC(=O)Nc1cc(F)ccn1)c1cn[nH]c12. The number of rotatable bonds is 4. The number of fused-ring (bicyclic) bond motifs is 7. The summed E-state index contributed by atoms with van der Waals surface area (Å²) in [7, 11) is 0. The number of hydrogen-bond donors (Lipinski definition) is 2. The van der Waals surface area contributed by atoms with E-state index in [1.165, 1.54) is 35.2 Å². The largest absolute Gasteiger partial charge is 0.311 e. The van der Waals surface area contributed by atoms with Gasteiger partial charge in [0.05, 0.1) is 6.20 Å². The summed E-state index contributed by atoms with van der Waals surface area (Å²) in [5.74, 6) is 0.912. The van der Waals surface area contributed by atoms with Crippen molar-refractivity contribution in [3.05, 3.63) is 76.7 Å². The molecule has 3 aliphatic carbocycles. The van der Waals surface area contributed by atoms with Crippen LogP contribution in [-0.2, 0) is 16.6 Å². The van der Waals surface area contributed by atoms with Gasteiger partial charge in [0.1, 0.15) is 17.5 Å². The third-order valence-corrected chi connectivity index (χ3v) is 8.72. The standard InChI is InChI=1S/C27H28F2N4O/c1-27-11-9-17-16-3-2-4-22(29)18(16)5-6-19(17)25(27)20(21-14-31-33-26(21)27)7-8-24(34)32-23-13-15(28)10-12-30-23/h2-4,10,12-14,17,19-20,25H,5-9,11H2,1H3,(H,31,33)(H,30,32,34)/t17?,19?,20-,25?,27+/m1/s1. The molecule has 0 saturated heterocycles. The lowest BCUT2D eigenvalue weighted by atomic mass is 9.53. The van der Waals surface area contributed by atoms with Gasteiger partial charge in [-0.3, -0.25) is 9.89 Å². The lowest BCUT2D eigenvalue weighted by Crippen LogP contribution is -2.44. The summed E-state index contributed by atoms with van der Waals surface area (Å²) >= 11 is 0. The Morgan fingerprint density at radius 3 is 2.97 bits per heavy atom. The fourth-order valence-corrected chi connectivity index (χ4v) is 7.38. The van der Waals surface area contributed by atoms with Gasteiger partial charge in [0.25, 0.3) is 0 Å². The van der Waals surface area contributed by atoms with Crippen LogP contribution < -0.4 is 5.32 Å². The molecule has 3 aromatic rings. The highest BCUT2D eigenvalue weighted by molar-refractivity contribution is 5.89. The number of nitrogens with zero attached hydrogens (tertiary/aromatic N) is 2. The number of aromatic nitrogens is 3. The van der Waals surface area contributed by atoms with E-state index in [1.807, 2.05) is 12.3 Å². The van der Waals surface area contributed by atoms with Gasteiger partial charge in [0.15, 0.2) is 0 Å². The van der Waals surface area contributed by atoms with Crippen molar-refractivity contribution in [3.63, 3.8) is 0 Å². The molecule has 2 heterocycles. The molecule has 1 amide bonds. The van der Waals surface area contributed by atoms with E-state index in [0.717, 1.165) is 31.2 Å². The first-order valence-corrected chi connectivity index (χ1v) is 12.2. The molecule has 34 heavy (non-hydrogen) atoms. The Morgan fingerprint density at radius 2 is 2.12 bits per heavy atom. The van der Waals surface area contributed by atoms with Crippen LogP contribution in [0.2, 0.25) is 0 Å². The van der Waals surface area contributed by atoms with E-state index >= 15 is 0 Å². The first-order chi connectivity index (χ1) is 16.5. The molecule has 2 N–H and O–H groups in total. The van der Waals surface area contributed by atoms with Crippen molar-refractivity contribution < 1.29 is 13.6 Å². The van der Waals surface area contributed by atoms with Crippen molar-refractivity contribution in [1.29, 1.82) is 0 Å². The van der Waals surface area contributed by atoms with E-state index in [1.54, 1.807) is 6.07 Å². The molecule has 2 aromatic heterocycles. The fourth-order valence-electron chi connectivity index (χ4n) is 7.38. The molecule has 176 valence electrons. The third kappa shape index (κ3) is 3.28. The van der Waals surface area contributed by atoms with Crippen LogP contribution in [-0.4, -0.2) is 21.1 Å². The number of pyridine rings is 1. The molecule has 1 saturated carbocycles. The molecule has 7 heteroatoms. The average molecular weight is 463 g/mol. The van der Waals surface area contributed by atoms with Gasteiger partial charge in [-0.2, -0.15) is 5.10 Å². The zero-order valence-corrected chi connectivity index (χ0v) is 19.2. The molecule has 1 aromatic carbocycles. The van der Waals surface area contributed by atoms with Gasteiger partial charge in [0, 0.05) is 29.8 Å².